The maximum absolute atomic E-state index is 2.39. The van der Waals surface area contributed by atoms with Crippen LogP contribution in [-0.2, 0) is 0 Å². The largest absolute Gasteiger partial charge is 0.209 e. The van der Waals surface area contributed by atoms with Gasteiger partial charge in [-0.25, -0.2) is 4.58 Å². The maximum Gasteiger partial charge on any atom is 0.168 e. The molecule has 0 radical (unpaired) electrons. The van der Waals surface area contributed by atoms with Gasteiger partial charge in [0.2, 0.25) is 0 Å². The summed E-state index contributed by atoms with van der Waals surface area (Å²) in [5.74, 6) is 0. The molecule has 0 aliphatic carbocycles. The Morgan fingerprint density at radius 3 is 2.83 bits per heavy atom. The minimum atomic E-state index is 1.22. The lowest BCUT2D eigenvalue weighted by Crippen LogP contribution is -2.04. The maximum atomic E-state index is 2.39. The van der Waals surface area contributed by atoms with Crippen molar-refractivity contribution in [2.75, 3.05) is 6.54 Å². The summed E-state index contributed by atoms with van der Waals surface area (Å²) in [6.45, 7) is 1.25. The van der Waals surface area contributed by atoms with Crippen molar-refractivity contribution >= 4 is 6.21 Å². The van der Waals surface area contributed by atoms with Gasteiger partial charge in [-0.15, -0.1) is 0 Å². The summed E-state index contributed by atoms with van der Waals surface area (Å²) in [6.07, 6.45) is 14.4. The third-order valence-corrected chi connectivity index (χ3v) is 2.85. The minimum absolute atomic E-state index is 1.22. The normalized spacial score (nSPS) is 24.7. The van der Waals surface area contributed by atoms with E-state index in [-0.39, 0.29) is 0 Å². The Morgan fingerprint density at radius 2 is 1.83 bits per heavy atom. The highest BCUT2D eigenvalue weighted by Gasteiger charge is 2.13. The topological polar surface area (TPSA) is 3.01 Å². The zero-order chi connectivity index (χ0) is 8.23. The molecular weight excluding hydrogens is 146 g/mol. The van der Waals surface area contributed by atoms with E-state index in [1.807, 2.05) is 0 Å². The molecule has 1 nitrogen and oxygen atoms in total. The Morgan fingerprint density at radius 1 is 1.00 bits per heavy atom. The highest BCUT2D eigenvalue weighted by Crippen LogP contribution is 2.18. The molecule has 0 fully saturated rings. The van der Waals surface area contributed by atoms with Crippen LogP contribution in [0.15, 0.2) is 11.8 Å². The smallest absolute Gasteiger partial charge is 0.168 e. The van der Waals surface area contributed by atoms with Crippen LogP contribution in [0.25, 0.3) is 0 Å². The van der Waals surface area contributed by atoms with Crippen LogP contribution in [0.1, 0.15) is 44.9 Å². The van der Waals surface area contributed by atoms with Crippen LogP contribution < -0.4 is 0 Å². The number of rotatable bonds is 0. The van der Waals surface area contributed by atoms with Crippen molar-refractivity contribution in [1.29, 1.82) is 0 Å². The third-order valence-electron chi connectivity index (χ3n) is 2.85. The first kappa shape index (κ1) is 8.03. The monoisotopic (exact) mass is 164 g/mol. The van der Waals surface area contributed by atoms with Crippen molar-refractivity contribution in [2.45, 2.75) is 44.9 Å². The standard InChI is InChI=1S/C11H18N/c1-2-4-6-11-7-9-12(10-11)8-5-3-1/h9-10H,1-8H2/q+1. The summed E-state index contributed by atoms with van der Waals surface area (Å²) in [7, 11) is 0. The molecule has 0 spiro atoms. The molecular formula is C11H18N+. The van der Waals surface area contributed by atoms with Gasteiger partial charge in [0.15, 0.2) is 6.20 Å². The number of nitrogens with zero attached hydrogens (tertiary/aromatic N) is 1. The Hall–Kier alpha value is -0.590. The molecule has 0 aromatic rings. The minimum Gasteiger partial charge on any atom is -0.209 e. The van der Waals surface area contributed by atoms with E-state index in [2.05, 4.69) is 17.0 Å². The summed E-state index contributed by atoms with van der Waals surface area (Å²) in [5, 5.41) is 0. The van der Waals surface area contributed by atoms with Crippen LogP contribution in [0.5, 0.6) is 0 Å². The number of hydrogen-bond acceptors (Lipinski definition) is 0. The van der Waals surface area contributed by atoms with Gasteiger partial charge in [0.05, 0.1) is 6.42 Å². The molecule has 2 bridgehead atoms. The van der Waals surface area contributed by atoms with E-state index in [0.29, 0.717) is 0 Å². The Balaban J connectivity index is 1.97. The van der Waals surface area contributed by atoms with Crippen molar-refractivity contribution in [2.24, 2.45) is 0 Å². The number of fused-ring (bicyclic) bond motifs is 1. The van der Waals surface area contributed by atoms with Gasteiger partial charge in [-0.1, -0.05) is 12.8 Å². The van der Waals surface area contributed by atoms with Crippen LogP contribution in [0.3, 0.4) is 0 Å². The average molecular weight is 164 g/mol. The molecule has 2 aliphatic rings. The lowest BCUT2D eigenvalue weighted by atomic mass is 10.0. The van der Waals surface area contributed by atoms with Gasteiger partial charge < -0.3 is 0 Å². The van der Waals surface area contributed by atoms with Gasteiger partial charge in [0.25, 0.3) is 0 Å². The van der Waals surface area contributed by atoms with Crippen molar-refractivity contribution in [3.8, 4) is 0 Å². The van der Waals surface area contributed by atoms with E-state index in [4.69, 9.17) is 0 Å². The van der Waals surface area contributed by atoms with Crippen LogP contribution in [-0.4, -0.2) is 17.3 Å². The molecule has 0 saturated heterocycles. The Kier molecular flexibility index (Phi) is 2.60. The fourth-order valence-corrected chi connectivity index (χ4v) is 2.07. The van der Waals surface area contributed by atoms with Crippen molar-refractivity contribution in [1.82, 2.24) is 0 Å². The summed E-state index contributed by atoms with van der Waals surface area (Å²) in [5.41, 5.74) is 1.65. The Labute approximate surface area is 74.8 Å². The first-order valence-electron chi connectivity index (χ1n) is 5.24. The SMILES string of the molecule is C1=C2CC=[N+]1CCCCCCC2. The molecule has 2 heterocycles. The van der Waals surface area contributed by atoms with Crippen molar-refractivity contribution in [3.63, 3.8) is 0 Å². The van der Waals surface area contributed by atoms with Crippen LogP contribution in [0, 0.1) is 0 Å². The van der Waals surface area contributed by atoms with E-state index >= 15 is 0 Å². The molecule has 66 valence electrons. The quantitative estimate of drug-likeness (QED) is 0.484. The second-order valence-electron chi connectivity index (χ2n) is 3.93. The van der Waals surface area contributed by atoms with Gasteiger partial charge in [-0.2, -0.15) is 0 Å². The van der Waals surface area contributed by atoms with E-state index in [0.717, 1.165) is 0 Å². The molecule has 2 aliphatic heterocycles. The highest BCUT2D eigenvalue weighted by molar-refractivity contribution is 5.58. The zero-order valence-corrected chi connectivity index (χ0v) is 7.76. The highest BCUT2D eigenvalue weighted by atomic mass is 15.0. The van der Waals surface area contributed by atoms with Crippen molar-refractivity contribution in [3.05, 3.63) is 11.8 Å². The molecule has 0 N–H and O–H groups in total. The van der Waals surface area contributed by atoms with Crippen molar-refractivity contribution < 1.29 is 4.58 Å². The molecule has 0 aromatic carbocycles. The van der Waals surface area contributed by atoms with Crippen LogP contribution in [0.4, 0.5) is 0 Å². The molecule has 0 amide bonds. The molecule has 2 rings (SSSR count). The molecule has 0 unspecified atom stereocenters. The van der Waals surface area contributed by atoms with E-state index in [1.165, 1.54) is 51.5 Å². The second-order valence-corrected chi connectivity index (χ2v) is 3.93. The van der Waals surface area contributed by atoms with Gasteiger partial charge >= 0.3 is 0 Å². The number of allylic oxidation sites excluding steroid dienone is 1. The summed E-state index contributed by atoms with van der Waals surface area (Å²) in [4.78, 5) is 0. The lowest BCUT2D eigenvalue weighted by molar-refractivity contribution is -0.450. The van der Waals surface area contributed by atoms with Gasteiger partial charge in [-0.05, 0) is 19.3 Å². The third kappa shape index (κ3) is 1.96. The number of hydrogen-bond donors (Lipinski definition) is 0. The molecule has 1 heteroatoms. The lowest BCUT2D eigenvalue weighted by Gasteiger charge is -2.02. The van der Waals surface area contributed by atoms with E-state index < -0.39 is 0 Å². The second kappa shape index (κ2) is 3.88. The molecule has 0 aromatic heterocycles. The average Bonchev–Trinajstić information content (AvgIpc) is 2.51. The molecule has 12 heavy (non-hydrogen) atoms. The van der Waals surface area contributed by atoms with Gasteiger partial charge in [0, 0.05) is 12.0 Å². The predicted molar refractivity (Wildman–Crippen MR) is 51.6 cm³/mol. The first-order chi connectivity index (χ1) is 5.95. The molecule has 0 atom stereocenters. The van der Waals surface area contributed by atoms with Crippen LogP contribution >= 0.6 is 0 Å². The summed E-state index contributed by atoms with van der Waals surface area (Å²) < 4.78 is 2.39. The summed E-state index contributed by atoms with van der Waals surface area (Å²) in [6, 6.07) is 0. The van der Waals surface area contributed by atoms with Gasteiger partial charge in [0.1, 0.15) is 12.8 Å². The van der Waals surface area contributed by atoms with E-state index in [1.54, 1.807) is 5.57 Å². The first-order valence-corrected chi connectivity index (χ1v) is 5.24. The fraction of sp³-hybridized carbons (Fsp3) is 0.727. The van der Waals surface area contributed by atoms with Gasteiger partial charge in [-0.3, -0.25) is 0 Å². The van der Waals surface area contributed by atoms with E-state index in [9.17, 15) is 0 Å². The zero-order valence-electron chi connectivity index (χ0n) is 7.76. The summed E-state index contributed by atoms with van der Waals surface area (Å²) >= 11 is 0. The molecule has 0 saturated carbocycles. The predicted octanol–water partition coefficient (Wildman–Crippen LogP) is 2.71. The fourth-order valence-electron chi connectivity index (χ4n) is 2.07. The van der Waals surface area contributed by atoms with Crippen LogP contribution in [0.2, 0.25) is 0 Å². The Bertz CT molecular complexity index is 213.